The van der Waals surface area contributed by atoms with Gasteiger partial charge in [0.1, 0.15) is 5.75 Å². The van der Waals surface area contributed by atoms with Crippen LogP contribution in [-0.4, -0.2) is 15.8 Å². The molecule has 0 aromatic heterocycles. The zero-order valence-electron chi connectivity index (χ0n) is 14.5. The summed E-state index contributed by atoms with van der Waals surface area (Å²) in [6, 6.07) is 5.96. The fourth-order valence-corrected chi connectivity index (χ4v) is 6.97. The Hall–Kier alpha value is -0.800. The second-order valence-electron chi connectivity index (χ2n) is 8.57. The molecule has 3 aliphatic carbocycles. The van der Waals surface area contributed by atoms with Crippen molar-refractivity contribution >= 4 is 15.9 Å². The van der Waals surface area contributed by atoms with Gasteiger partial charge >= 0.3 is 0 Å². The van der Waals surface area contributed by atoms with E-state index in [0.717, 1.165) is 25.7 Å². The number of hydrogen-bond acceptors (Lipinski definition) is 2. The van der Waals surface area contributed by atoms with Gasteiger partial charge in [-0.1, -0.05) is 35.8 Å². The highest BCUT2D eigenvalue weighted by Crippen LogP contribution is 2.66. The highest BCUT2D eigenvalue weighted by molar-refractivity contribution is 9.11. The molecule has 2 fully saturated rings. The topological polar surface area (TPSA) is 40.5 Å². The molecule has 4 rings (SSSR count). The van der Waals surface area contributed by atoms with Gasteiger partial charge < -0.3 is 10.2 Å². The molecule has 0 saturated heterocycles. The number of fused-ring (bicyclic) bond motifs is 5. The largest absolute Gasteiger partial charge is 0.508 e. The van der Waals surface area contributed by atoms with Crippen molar-refractivity contribution in [3.63, 3.8) is 0 Å². The molecule has 0 bridgehead atoms. The van der Waals surface area contributed by atoms with Gasteiger partial charge in [-0.2, -0.15) is 0 Å². The van der Waals surface area contributed by atoms with Crippen LogP contribution < -0.4 is 0 Å². The molecule has 2 N–H and O–H groups in total. The zero-order chi connectivity index (χ0) is 17.1. The second-order valence-corrected chi connectivity index (χ2v) is 9.10. The molecule has 0 heterocycles. The van der Waals surface area contributed by atoms with Crippen molar-refractivity contribution < 1.29 is 10.2 Å². The Balaban J connectivity index is 1.75. The van der Waals surface area contributed by atoms with Gasteiger partial charge in [0.05, 0.1) is 5.60 Å². The van der Waals surface area contributed by atoms with Crippen LogP contribution in [0.25, 0.3) is 0 Å². The van der Waals surface area contributed by atoms with Crippen LogP contribution in [0.15, 0.2) is 29.3 Å². The summed E-state index contributed by atoms with van der Waals surface area (Å²) < 4.78 is 0. The Labute approximate surface area is 153 Å². The van der Waals surface area contributed by atoms with Gasteiger partial charge in [0, 0.05) is 5.41 Å². The Kier molecular flexibility index (Phi) is 3.89. The second kappa shape index (κ2) is 5.60. The normalized spacial score (nSPS) is 44.2. The van der Waals surface area contributed by atoms with E-state index in [1.54, 1.807) is 0 Å². The molecule has 6 atom stereocenters. The molecule has 3 heteroatoms. The van der Waals surface area contributed by atoms with E-state index in [-0.39, 0.29) is 5.41 Å². The molecular formula is C21H27BrO2. The molecule has 1 aromatic carbocycles. The molecule has 0 aliphatic heterocycles. The van der Waals surface area contributed by atoms with Crippen LogP contribution in [0, 0.1) is 23.2 Å². The maximum absolute atomic E-state index is 11.3. The predicted molar refractivity (Wildman–Crippen MR) is 100 cm³/mol. The molecule has 0 unspecified atom stereocenters. The molecule has 1 aromatic rings. The summed E-state index contributed by atoms with van der Waals surface area (Å²) in [7, 11) is 0. The first-order chi connectivity index (χ1) is 11.4. The average Bonchev–Trinajstić information content (AvgIpc) is 2.78. The summed E-state index contributed by atoms with van der Waals surface area (Å²) in [6.07, 6.45) is 7.26. The molecule has 3 aliphatic rings. The third-order valence-corrected chi connectivity index (χ3v) is 7.82. The molecule has 130 valence electrons. The van der Waals surface area contributed by atoms with E-state index >= 15 is 0 Å². The lowest BCUT2D eigenvalue weighted by Gasteiger charge is -2.55. The lowest BCUT2D eigenvalue weighted by molar-refractivity contribution is -0.0866. The van der Waals surface area contributed by atoms with Crippen molar-refractivity contribution in [2.24, 2.45) is 23.2 Å². The molecule has 2 saturated carbocycles. The van der Waals surface area contributed by atoms with Crippen molar-refractivity contribution in [2.45, 2.75) is 57.5 Å². The Morgan fingerprint density at radius 2 is 2.08 bits per heavy atom. The highest BCUT2D eigenvalue weighted by Gasteiger charge is 2.62. The number of rotatable bonds is 1. The van der Waals surface area contributed by atoms with Gasteiger partial charge in [-0.25, -0.2) is 0 Å². The Bertz CT molecular complexity index is 684. The number of phenols is 1. The number of aromatic hydroxyl groups is 1. The SMILES string of the molecule is C[C@H]1C[C@@]2(C)[C@@H](CC[C@@]2(O)/C=C\Br)[C@@H]2CCc3cc(O)ccc3[C@H]21. The van der Waals surface area contributed by atoms with Crippen LogP contribution in [0.1, 0.15) is 56.6 Å². The number of benzene rings is 1. The summed E-state index contributed by atoms with van der Waals surface area (Å²) in [4.78, 5) is 1.84. The number of halogens is 1. The van der Waals surface area contributed by atoms with Crippen LogP contribution >= 0.6 is 15.9 Å². The van der Waals surface area contributed by atoms with E-state index in [1.807, 2.05) is 23.2 Å². The van der Waals surface area contributed by atoms with Gasteiger partial charge in [0.25, 0.3) is 0 Å². The number of aryl methyl sites for hydroxylation is 1. The standard InChI is InChI=1S/C21H27BrO2/c1-13-12-20(2)18(7-8-21(20,24)9-10-22)17-5-3-14-11-15(23)4-6-16(14)19(13)17/h4,6,9-11,13,17-19,23-24H,3,5,7-8,12H2,1-2H3/b10-9-/t13-,17-,18-,19+,20-,21+/m0/s1. The smallest absolute Gasteiger partial charge is 0.115 e. The maximum atomic E-state index is 11.3. The van der Waals surface area contributed by atoms with Gasteiger partial charge in [0.15, 0.2) is 0 Å². The minimum atomic E-state index is -0.685. The molecule has 0 radical (unpaired) electrons. The van der Waals surface area contributed by atoms with E-state index in [2.05, 4.69) is 35.8 Å². The Morgan fingerprint density at radius 1 is 1.29 bits per heavy atom. The van der Waals surface area contributed by atoms with Gasteiger partial charge in [0.2, 0.25) is 0 Å². The zero-order valence-corrected chi connectivity index (χ0v) is 16.1. The Morgan fingerprint density at radius 3 is 2.83 bits per heavy atom. The number of aliphatic hydroxyl groups is 1. The quantitative estimate of drug-likeness (QED) is 0.697. The van der Waals surface area contributed by atoms with E-state index in [1.165, 1.54) is 17.5 Å². The summed E-state index contributed by atoms with van der Waals surface area (Å²) >= 11 is 3.38. The van der Waals surface area contributed by atoms with Gasteiger partial charge in [-0.05, 0) is 90.1 Å². The molecule has 0 amide bonds. The van der Waals surface area contributed by atoms with Crippen LogP contribution in [0.4, 0.5) is 0 Å². The number of hydrogen-bond donors (Lipinski definition) is 2. The van der Waals surface area contributed by atoms with Crippen molar-refractivity contribution in [3.05, 3.63) is 40.4 Å². The minimum Gasteiger partial charge on any atom is -0.508 e. The maximum Gasteiger partial charge on any atom is 0.115 e. The first kappa shape index (κ1) is 16.7. The number of phenolic OH excluding ortho intramolecular Hbond substituents is 1. The lowest BCUT2D eigenvalue weighted by atomic mass is 9.50. The monoisotopic (exact) mass is 390 g/mol. The molecule has 2 nitrogen and oxygen atoms in total. The van der Waals surface area contributed by atoms with Crippen molar-refractivity contribution in [3.8, 4) is 5.75 Å². The first-order valence-corrected chi connectivity index (χ1v) is 10.1. The third-order valence-electron chi connectivity index (χ3n) is 7.55. The van der Waals surface area contributed by atoms with E-state index in [4.69, 9.17) is 0 Å². The third kappa shape index (κ3) is 2.17. The molecule has 0 spiro atoms. The van der Waals surface area contributed by atoms with Crippen LogP contribution in [0.3, 0.4) is 0 Å². The minimum absolute atomic E-state index is 0.0354. The van der Waals surface area contributed by atoms with E-state index < -0.39 is 5.60 Å². The molecular weight excluding hydrogens is 364 g/mol. The van der Waals surface area contributed by atoms with Gasteiger partial charge in [-0.3, -0.25) is 0 Å². The summed E-state index contributed by atoms with van der Waals surface area (Å²) in [5.41, 5.74) is 2.06. The van der Waals surface area contributed by atoms with Crippen LogP contribution in [-0.2, 0) is 6.42 Å². The highest BCUT2D eigenvalue weighted by atomic mass is 79.9. The fourth-order valence-electron chi connectivity index (χ4n) is 6.54. The molecule has 24 heavy (non-hydrogen) atoms. The van der Waals surface area contributed by atoms with Crippen molar-refractivity contribution in [1.29, 1.82) is 0 Å². The van der Waals surface area contributed by atoms with Crippen LogP contribution in [0.2, 0.25) is 0 Å². The summed E-state index contributed by atoms with van der Waals surface area (Å²) in [5.74, 6) is 2.73. The van der Waals surface area contributed by atoms with Gasteiger partial charge in [-0.15, -0.1) is 0 Å². The van der Waals surface area contributed by atoms with Crippen molar-refractivity contribution in [1.82, 2.24) is 0 Å². The van der Waals surface area contributed by atoms with E-state index in [9.17, 15) is 10.2 Å². The van der Waals surface area contributed by atoms with Crippen LogP contribution in [0.5, 0.6) is 5.75 Å². The average molecular weight is 391 g/mol. The van der Waals surface area contributed by atoms with Crippen molar-refractivity contribution in [2.75, 3.05) is 0 Å². The summed E-state index contributed by atoms with van der Waals surface area (Å²) in [5, 5.41) is 21.2. The predicted octanol–water partition coefficient (Wildman–Crippen LogP) is 5.13. The first-order valence-electron chi connectivity index (χ1n) is 9.22. The van der Waals surface area contributed by atoms with E-state index in [0.29, 0.717) is 29.4 Å². The lowest BCUT2D eigenvalue weighted by Crippen LogP contribution is -2.52. The summed E-state index contributed by atoms with van der Waals surface area (Å²) in [6.45, 7) is 4.68. The fraction of sp³-hybridized carbons (Fsp3) is 0.619.